The fraction of sp³-hybridized carbons (Fsp3) is 0. The molecule has 2 nitrogen and oxygen atoms in total. The van der Waals surface area contributed by atoms with Gasteiger partial charge < -0.3 is 0 Å². The summed E-state index contributed by atoms with van der Waals surface area (Å²) in [6.45, 7) is 0. The zero-order chi connectivity index (χ0) is 11.0. The molecule has 2 aromatic carbocycles. The number of aromatic nitrogens is 2. The van der Waals surface area contributed by atoms with Gasteiger partial charge in [0.05, 0.1) is 17.4 Å². The monoisotopic (exact) mass is 228 g/mol. The first kappa shape index (κ1) is 9.43. The third kappa shape index (κ3) is 1.48. The molecule has 0 amide bonds. The van der Waals surface area contributed by atoms with Crippen LogP contribution in [-0.4, -0.2) is 9.78 Å². The highest BCUT2D eigenvalue weighted by Gasteiger charge is 2.04. The Morgan fingerprint density at radius 3 is 2.62 bits per heavy atom. The molecule has 0 saturated heterocycles. The van der Waals surface area contributed by atoms with Gasteiger partial charge in [0.2, 0.25) is 0 Å². The van der Waals surface area contributed by atoms with Crippen molar-refractivity contribution in [3.8, 4) is 5.69 Å². The van der Waals surface area contributed by atoms with Crippen LogP contribution >= 0.6 is 11.6 Å². The van der Waals surface area contributed by atoms with Gasteiger partial charge in [0.25, 0.3) is 0 Å². The topological polar surface area (TPSA) is 17.8 Å². The van der Waals surface area contributed by atoms with E-state index in [0.717, 1.165) is 21.6 Å². The van der Waals surface area contributed by atoms with E-state index in [9.17, 15) is 0 Å². The summed E-state index contributed by atoms with van der Waals surface area (Å²) < 4.78 is 1.91. The molecular formula is C13H9ClN2. The standard InChI is InChI=1S/C13H9ClN2/c14-11-6-7-13-10(8-11)9-15-16(13)12-4-2-1-3-5-12/h1-9H. The Kier molecular flexibility index (Phi) is 2.15. The Morgan fingerprint density at radius 2 is 1.81 bits per heavy atom. The third-order valence-corrected chi connectivity index (χ3v) is 2.77. The molecule has 0 atom stereocenters. The first-order valence-electron chi connectivity index (χ1n) is 5.03. The summed E-state index contributed by atoms with van der Waals surface area (Å²) in [5, 5.41) is 6.15. The van der Waals surface area contributed by atoms with Crippen molar-refractivity contribution in [2.24, 2.45) is 0 Å². The number of rotatable bonds is 1. The van der Waals surface area contributed by atoms with E-state index in [2.05, 4.69) is 5.10 Å². The normalized spacial score (nSPS) is 10.8. The van der Waals surface area contributed by atoms with Crippen LogP contribution in [0.3, 0.4) is 0 Å². The highest BCUT2D eigenvalue weighted by atomic mass is 35.5. The van der Waals surface area contributed by atoms with E-state index >= 15 is 0 Å². The fourth-order valence-electron chi connectivity index (χ4n) is 1.78. The minimum atomic E-state index is 0.736. The van der Waals surface area contributed by atoms with Crippen molar-refractivity contribution in [3.05, 3.63) is 59.8 Å². The molecule has 0 bridgehead atoms. The second-order valence-corrected chi connectivity index (χ2v) is 4.03. The largest absolute Gasteiger partial charge is 0.233 e. The van der Waals surface area contributed by atoms with E-state index in [1.54, 1.807) is 0 Å². The second-order valence-electron chi connectivity index (χ2n) is 3.60. The fourth-order valence-corrected chi connectivity index (χ4v) is 1.96. The van der Waals surface area contributed by atoms with Gasteiger partial charge in [0, 0.05) is 10.4 Å². The van der Waals surface area contributed by atoms with Gasteiger partial charge in [-0.2, -0.15) is 5.10 Å². The van der Waals surface area contributed by atoms with Crippen LogP contribution in [0.5, 0.6) is 0 Å². The lowest BCUT2D eigenvalue weighted by molar-refractivity contribution is 0.911. The smallest absolute Gasteiger partial charge is 0.0742 e. The van der Waals surface area contributed by atoms with E-state index in [-0.39, 0.29) is 0 Å². The highest BCUT2D eigenvalue weighted by molar-refractivity contribution is 6.31. The van der Waals surface area contributed by atoms with Crippen molar-refractivity contribution in [1.29, 1.82) is 0 Å². The van der Waals surface area contributed by atoms with Crippen LogP contribution in [-0.2, 0) is 0 Å². The number of halogens is 1. The van der Waals surface area contributed by atoms with Gasteiger partial charge in [0.15, 0.2) is 0 Å². The third-order valence-electron chi connectivity index (χ3n) is 2.53. The van der Waals surface area contributed by atoms with E-state index in [1.165, 1.54) is 0 Å². The number of benzene rings is 2. The van der Waals surface area contributed by atoms with Crippen molar-refractivity contribution in [3.63, 3.8) is 0 Å². The zero-order valence-corrected chi connectivity index (χ0v) is 9.22. The van der Waals surface area contributed by atoms with Gasteiger partial charge in [-0.1, -0.05) is 29.8 Å². The molecule has 3 rings (SSSR count). The molecule has 3 heteroatoms. The highest BCUT2D eigenvalue weighted by Crippen LogP contribution is 2.21. The molecule has 0 spiro atoms. The first-order chi connectivity index (χ1) is 7.84. The molecule has 0 aliphatic heterocycles. The number of fused-ring (bicyclic) bond motifs is 1. The molecule has 0 aliphatic carbocycles. The van der Waals surface area contributed by atoms with Crippen molar-refractivity contribution in [2.75, 3.05) is 0 Å². The van der Waals surface area contributed by atoms with Gasteiger partial charge in [0.1, 0.15) is 0 Å². The van der Waals surface area contributed by atoms with Crippen LogP contribution < -0.4 is 0 Å². The van der Waals surface area contributed by atoms with Crippen LogP contribution in [0.4, 0.5) is 0 Å². The Balaban J connectivity index is 2.26. The maximum atomic E-state index is 5.94. The molecule has 0 saturated carbocycles. The molecule has 78 valence electrons. The van der Waals surface area contributed by atoms with Crippen LogP contribution in [0.2, 0.25) is 5.02 Å². The molecule has 1 aromatic heterocycles. The predicted molar refractivity (Wildman–Crippen MR) is 66.1 cm³/mol. The second kappa shape index (κ2) is 3.65. The number of hydrogen-bond donors (Lipinski definition) is 0. The summed E-state index contributed by atoms with van der Waals surface area (Å²) in [5.41, 5.74) is 2.12. The summed E-state index contributed by atoms with van der Waals surface area (Å²) >= 11 is 5.94. The van der Waals surface area contributed by atoms with Gasteiger partial charge in [-0.25, -0.2) is 4.68 Å². The summed E-state index contributed by atoms with van der Waals surface area (Å²) in [6.07, 6.45) is 1.83. The van der Waals surface area contributed by atoms with E-state index in [0.29, 0.717) is 0 Å². The Morgan fingerprint density at radius 1 is 1.00 bits per heavy atom. The molecule has 0 aliphatic rings. The van der Waals surface area contributed by atoms with Crippen molar-refractivity contribution >= 4 is 22.5 Å². The first-order valence-corrected chi connectivity index (χ1v) is 5.41. The molecular weight excluding hydrogens is 220 g/mol. The van der Waals surface area contributed by atoms with Gasteiger partial charge >= 0.3 is 0 Å². The number of para-hydroxylation sites is 1. The molecule has 0 radical (unpaired) electrons. The average molecular weight is 229 g/mol. The van der Waals surface area contributed by atoms with Gasteiger partial charge in [-0.15, -0.1) is 0 Å². The minimum absolute atomic E-state index is 0.736. The lowest BCUT2D eigenvalue weighted by Crippen LogP contribution is -1.94. The summed E-state index contributed by atoms with van der Waals surface area (Å²) in [5.74, 6) is 0. The van der Waals surface area contributed by atoms with Crippen LogP contribution in [0.25, 0.3) is 16.6 Å². The SMILES string of the molecule is Clc1ccc2c(cnn2-c2ccccc2)c1. The Hall–Kier alpha value is -1.80. The van der Waals surface area contributed by atoms with Crippen LogP contribution in [0.1, 0.15) is 0 Å². The molecule has 3 aromatic rings. The lowest BCUT2D eigenvalue weighted by Gasteiger charge is -2.02. The molecule has 16 heavy (non-hydrogen) atoms. The molecule has 0 unspecified atom stereocenters. The Labute approximate surface area is 98.1 Å². The van der Waals surface area contributed by atoms with E-state index < -0.39 is 0 Å². The summed E-state index contributed by atoms with van der Waals surface area (Å²) in [6, 6.07) is 15.8. The van der Waals surface area contributed by atoms with E-state index in [4.69, 9.17) is 11.6 Å². The van der Waals surface area contributed by atoms with Crippen LogP contribution in [0, 0.1) is 0 Å². The molecule has 1 heterocycles. The Bertz CT molecular complexity index is 629. The predicted octanol–water partition coefficient (Wildman–Crippen LogP) is 3.68. The average Bonchev–Trinajstić information content (AvgIpc) is 2.73. The maximum absolute atomic E-state index is 5.94. The lowest BCUT2D eigenvalue weighted by atomic mass is 10.2. The number of nitrogens with zero attached hydrogens (tertiary/aromatic N) is 2. The van der Waals surface area contributed by atoms with Crippen molar-refractivity contribution in [1.82, 2.24) is 9.78 Å². The van der Waals surface area contributed by atoms with Gasteiger partial charge in [-0.05, 0) is 30.3 Å². The minimum Gasteiger partial charge on any atom is -0.233 e. The quantitative estimate of drug-likeness (QED) is 0.621. The van der Waals surface area contributed by atoms with Crippen molar-refractivity contribution < 1.29 is 0 Å². The van der Waals surface area contributed by atoms with Crippen molar-refractivity contribution in [2.45, 2.75) is 0 Å². The zero-order valence-electron chi connectivity index (χ0n) is 8.47. The van der Waals surface area contributed by atoms with Crippen LogP contribution in [0.15, 0.2) is 54.7 Å². The number of hydrogen-bond acceptors (Lipinski definition) is 1. The van der Waals surface area contributed by atoms with Gasteiger partial charge in [-0.3, -0.25) is 0 Å². The molecule has 0 N–H and O–H groups in total. The summed E-state index contributed by atoms with van der Waals surface area (Å²) in [4.78, 5) is 0. The summed E-state index contributed by atoms with van der Waals surface area (Å²) in [7, 11) is 0. The van der Waals surface area contributed by atoms with E-state index in [1.807, 2.05) is 59.4 Å². The maximum Gasteiger partial charge on any atom is 0.0742 e. The molecule has 0 fully saturated rings.